The molecule has 1 fully saturated rings. The van der Waals surface area contributed by atoms with Gasteiger partial charge in [0.15, 0.2) is 5.82 Å². The number of thiophene rings is 1. The van der Waals surface area contributed by atoms with Gasteiger partial charge in [-0.3, -0.25) is 0 Å². The summed E-state index contributed by atoms with van der Waals surface area (Å²) in [7, 11) is 0. The predicted octanol–water partition coefficient (Wildman–Crippen LogP) is 12.7. The lowest BCUT2D eigenvalue weighted by Gasteiger charge is -2.37. The van der Waals surface area contributed by atoms with E-state index in [0.29, 0.717) is 0 Å². The summed E-state index contributed by atoms with van der Waals surface area (Å²) in [4.78, 5) is 10.3. The van der Waals surface area contributed by atoms with E-state index >= 15 is 0 Å². The fourth-order valence-corrected chi connectivity index (χ4v) is 10.1. The quantitative estimate of drug-likeness (QED) is 0.190. The SMILES string of the molecule is c1ccc(-c2cc(-c3cccc4c3sc3c(-c5cccc6c5C5(CCCCC5)c5ccccc5-6)cccc34)nc(-c3ccccc3)n2)cc1. The maximum Gasteiger partial charge on any atom is 0.160 e. The standard InChI is InChI=1S/C46H34N2S/c1-4-15-30(16-5-1)40-29-41(48-45(47-40)31-17-6-2-7-18-31)38-25-14-24-37-36-23-13-22-35(43(36)49-44(37)38)34-21-12-20-33-32-19-8-9-26-39(32)46(42(33)34)27-10-3-11-28-46/h1-2,4-9,12-26,29H,3,10-11,27-28H2. The molecular formula is C46H34N2S. The Kier molecular flexibility index (Phi) is 6.63. The fraction of sp³-hybridized carbons (Fsp3) is 0.130. The van der Waals surface area contributed by atoms with Crippen LogP contribution in [0.4, 0.5) is 0 Å². The van der Waals surface area contributed by atoms with Gasteiger partial charge in [0, 0.05) is 42.3 Å². The average Bonchev–Trinajstić information content (AvgIpc) is 3.69. The number of rotatable bonds is 4. The number of benzene rings is 6. The molecule has 234 valence electrons. The molecule has 0 saturated heterocycles. The molecule has 1 spiro atoms. The van der Waals surface area contributed by atoms with Crippen LogP contribution in [0.25, 0.3) is 76.3 Å². The maximum absolute atomic E-state index is 5.22. The summed E-state index contributed by atoms with van der Waals surface area (Å²) in [6.07, 6.45) is 6.35. The molecule has 0 amide bonds. The van der Waals surface area contributed by atoms with Crippen LogP contribution in [-0.4, -0.2) is 9.97 Å². The first-order chi connectivity index (χ1) is 24.3. The van der Waals surface area contributed by atoms with Crippen LogP contribution in [0.2, 0.25) is 0 Å². The van der Waals surface area contributed by atoms with Crippen molar-refractivity contribution in [1.82, 2.24) is 9.97 Å². The molecule has 49 heavy (non-hydrogen) atoms. The van der Waals surface area contributed by atoms with Crippen LogP contribution in [0.5, 0.6) is 0 Å². The molecule has 10 rings (SSSR count). The Bertz CT molecular complexity index is 2470. The van der Waals surface area contributed by atoms with Gasteiger partial charge in [0.05, 0.1) is 11.4 Å². The molecule has 0 bridgehead atoms. The van der Waals surface area contributed by atoms with Crippen molar-refractivity contribution in [1.29, 1.82) is 0 Å². The number of fused-ring (bicyclic) bond motifs is 8. The lowest BCUT2D eigenvalue weighted by molar-refractivity contribution is 0.353. The smallest absolute Gasteiger partial charge is 0.160 e. The minimum Gasteiger partial charge on any atom is -0.228 e. The summed E-state index contributed by atoms with van der Waals surface area (Å²) in [6.45, 7) is 0. The molecule has 8 aromatic rings. The second-order valence-corrected chi connectivity index (χ2v) is 14.6. The van der Waals surface area contributed by atoms with E-state index in [1.807, 2.05) is 17.4 Å². The Labute approximate surface area is 290 Å². The molecule has 0 N–H and O–H groups in total. The minimum atomic E-state index is 0.0907. The van der Waals surface area contributed by atoms with Gasteiger partial charge in [0.25, 0.3) is 0 Å². The highest BCUT2D eigenvalue weighted by molar-refractivity contribution is 7.26. The summed E-state index contributed by atoms with van der Waals surface area (Å²) in [5.74, 6) is 0.743. The van der Waals surface area contributed by atoms with Gasteiger partial charge in [-0.15, -0.1) is 11.3 Å². The van der Waals surface area contributed by atoms with Gasteiger partial charge in [0.1, 0.15) is 0 Å². The third-order valence-corrected chi connectivity index (χ3v) is 12.2. The van der Waals surface area contributed by atoms with Crippen LogP contribution >= 0.6 is 11.3 Å². The van der Waals surface area contributed by atoms with Gasteiger partial charge in [-0.25, -0.2) is 9.97 Å². The largest absolute Gasteiger partial charge is 0.228 e. The van der Waals surface area contributed by atoms with E-state index in [4.69, 9.17) is 9.97 Å². The van der Waals surface area contributed by atoms with Crippen LogP contribution < -0.4 is 0 Å². The second-order valence-electron chi connectivity index (χ2n) is 13.6. The van der Waals surface area contributed by atoms with Crippen LogP contribution in [0.15, 0.2) is 146 Å². The highest BCUT2D eigenvalue weighted by Crippen LogP contribution is 2.59. The first kappa shape index (κ1) is 28.6. The zero-order chi connectivity index (χ0) is 32.4. The summed E-state index contributed by atoms with van der Waals surface area (Å²) in [5, 5.41) is 2.59. The van der Waals surface area contributed by atoms with E-state index in [1.165, 1.54) is 80.1 Å². The van der Waals surface area contributed by atoms with Crippen molar-refractivity contribution in [3.05, 3.63) is 157 Å². The topological polar surface area (TPSA) is 25.8 Å². The molecule has 2 heterocycles. The molecule has 2 aliphatic carbocycles. The summed E-state index contributed by atoms with van der Waals surface area (Å²) >= 11 is 1.91. The third-order valence-electron chi connectivity index (χ3n) is 10.9. The highest BCUT2D eigenvalue weighted by Gasteiger charge is 2.45. The van der Waals surface area contributed by atoms with E-state index < -0.39 is 0 Å². The summed E-state index contributed by atoms with van der Waals surface area (Å²) in [5.41, 5.74) is 13.9. The molecule has 0 radical (unpaired) electrons. The average molecular weight is 647 g/mol. The van der Waals surface area contributed by atoms with Gasteiger partial charge in [-0.1, -0.05) is 159 Å². The Balaban J connectivity index is 1.20. The molecule has 1 saturated carbocycles. The third kappa shape index (κ3) is 4.46. The first-order valence-corrected chi connectivity index (χ1v) is 18.3. The van der Waals surface area contributed by atoms with E-state index in [1.54, 1.807) is 5.56 Å². The molecule has 3 heteroatoms. The molecular weight excluding hydrogens is 613 g/mol. The Hall–Kier alpha value is -5.38. The van der Waals surface area contributed by atoms with Crippen molar-refractivity contribution in [2.75, 3.05) is 0 Å². The van der Waals surface area contributed by atoms with Crippen LogP contribution in [0, 0.1) is 0 Å². The normalized spacial score (nSPS) is 14.7. The Morgan fingerprint density at radius 1 is 0.449 bits per heavy atom. The summed E-state index contributed by atoms with van der Waals surface area (Å²) in [6, 6.07) is 52.8. The van der Waals surface area contributed by atoms with Crippen molar-refractivity contribution in [2.45, 2.75) is 37.5 Å². The fourth-order valence-electron chi connectivity index (χ4n) is 8.75. The first-order valence-electron chi connectivity index (χ1n) is 17.5. The molecule has 2 nitrogen and oxygen atoms in total. The van der Waals surface area contributed by atoms with Crippen LogP contribution in [0.1, 0.15) is 43.2 Å². The molecule has 2 aromatic heterocycles. The molecule has 2 aliphatic rings. The van der Waals surface area contributed by atoms with Gasteiger partial charge in [-0.2, -0.15) is 0 Å². The van der Waals surface area contributed by atoms with Crippen molar-refractivity contribution in [3.63, 3.8) is 0 Å². The van der Waals surface area contributed by atoms with Gasteiger partial charge in [0.2, 0.25) is 0 Å². The van der Waals surface area contributed by atoms with Crippen LogP contribution in [0.3, 0.4) is 0 Å². The zero-order valence-electron chi connectivity index (χ0n) is 27.2. The van der Waals surface area contributed by atoms with E-state index in [0.717, 1.165) is 33.9 Å². The van der Waals surface area contributed by atoms with Gasteiger partial charge < -0.3 is 0 Å². The van der Waals surface area contributed by atoms with E-state index in [9.17, 15) is 0 Å². The van der Waals surface area contributed by atoms with Crippen molar-refractivity contribution >= 4 is 31.5 Å². The highest BCUT2D eigenvalue weighted by atomic mass is 32.1. The maximum atomic E-state index is 5.22. The molecule has 6 aromatic carbocycles. The van der Waals surface area contributed by atoms with Crippen LogP contribution in [-0.2, 0) is 5.41 Å². The summed E-state index contributed by atoms with van der Waals surface area (Å²) < 4.78 is 2.62. The molecule has 0 atom stereocenters. The molecule has 0 aliphatic heterocycles. The lowest BCUT2D eigenvalue weighted by atomic mass is 9.66. The van der Waals surface area contributed by atoms with Crippen molar-refractivity contribution in [2.24, 2.45) is 0 Å². The van der Waals surface area contributed by atoms with Gasteiger partial charge >= 0.3 is 0 Å². The minimum absolute atomic E-state index is 0.0907. The number of aromatic nitrogens is 2. The monoisotopic (exact) mass is 646 g/mol. The van der Waals surface area contributed by atoms with Gasteiger partial charge in [-0.05, 0) is 52.3 Å². The lowest BCUT2D eigenvalue weighted by Crippen LogP contribution is -2.28. The van der Waals surface area contributed by atoms with Crippen molar-refractivity contribution < 1.29 is 0 Å². The van der Waals surface area contributed by atoms with E-state index in [2.05, 4.69) is 140 Å². The number of hydrogen-bond acceptors (Lipinski definition) is 3. The van der Waals surface area contributed by atoms with E-state index in [-0.39, 0.29) is 5.41 Å². The molecule has 0 unspecified atom stereocenters. The van der Waals surface area contributed by atoms with Crippen molar-refractivity contribution in [3.8, 4) is 56.2 Å². The Morgan fingerprint density at radius 2 is 1.00 bits per heavy atom. The number of nitrogens with zero attached hydrogens (tertiary/aromatic N) is 2. The second kappa shape index (κ2) is 11.4. The zero-order valence-corrected chi connectivity index (χ0v) is 28.0. The predicted molar refractivity (Wildman–Crippen MR) is 206 cm³/mol. The Morgan fingerprint density at radius 3 is 1.76 bits per heavy atom. The number of hydrogen-bond donors (Lipinski definition) is 0.